The highest BCUT2D eigenvalue weighted by Crippen LogP contribution is 2.27. The van der Waals surface area contributed by atoms with Crippen molar-refractivity contribution in [2.24, 2.45) is 0 Å². The van der Waals surface area contributed by atoms with E-state index in [-0.39, 0.29) is 17.2 Å². The van der Waals surface area contributed by atoms with Crippen LogP contribution in [0.25, 0.3) is 6.08 Å². The van der Waals surface area contributed by atoms with E-state index in [0.717, 1.165) is 4.90 Å². The minimum absolute atomic E-state index is 0.136. The summed E-state index contributed by atoms with van der Waals surface area (Å²) in [5, 5.41) is 11.3. The Morgan fingerprint density at radius 3 is 2.41 bits per heavy atom. The molecule has 198 valence electrons. The third-order valence-corrected chi connectivity index (χ3v) is 6.48. The Labute approximate surface area is 228 Å². The van der Waals surface area contributed by atoms with E-state index in [2.05, 4.69) is 21.1 Å². The first-order chi connectivity index (χ1) is 18.8. The van der Waals surface area contributed by atoms with E-state index in [4.69, 9.17) is 4.52 Å². The number of carbonyl (C=O) groups is 3. The van der Waals surface area contributed by atoms with Crippen molar-refractivity contribution >= 4 is 47.1 Å². The maximum absolute atomic E-state index is 14.3. The van der Waals surface area contributed by atoms with Gasteiger partial charge in [0.2, 0.25) is 5.91 Å². The molecule has 3 N–H and O–H groups in total. The molecular weight excluding hydrogens is 519 g/mol. The molecular formula is C29H25FN4O4S. The largest absolute Gasteiger partial charge is 0.360 e. The highest BCUT2D eigenvalue weighted by molar-refractivity contribution is 8.00. The second kappa shape index (κ2) is 12.7. The van der Waals surface area contributed by atoms with Gasteiger partial charge < -0.3 is 20.5 Å². The van der Waals surface area contributed by atoms with E-state index < -0.39 is 22.9 Å². The first kappa shape index (κ1) is 27.3. The van der Waals surface area contributed by atoms with Gasteiger partial charge in [-0.1, -0.05) is 47.6 Å². The summed E-state index contributed by atoms with van der Waals surface area (Å²) in [4.78, 5) is 39.3. The molecule has 3 amide bonds. The Morgan fingerprint density at radius 2 is 1.69 bits per heavy atom. The lowest BCUT2D eigenvalue weighted by Gasteiger charge is -2.13. The highest BCUT2D eigenvalue weighted by Gasteiger charge is 2.18. The Hall–Kier alpha value is -4.70. The van der Waals surface area contributed by atoms with Crippen LogP contribution in [-0.4, -0.2) is 28.1 Å². The average molecular weight is 545 g/mol. The number of aromatic nitrogens is 1. The van der Waals surface area contributed by atoms with E-state index >= 15 is 0 Å². The fraction of sp³-hybridized carbons (Fsp3) is 0.103. The Kier molecular flexibility index (Phi) is 8.90. The smallest absolute Gasteiger partial charge is 0.272 e. The van der Waals surface area contributed by atoms with Crippen LogP contribution in [0, 0.1) is 12.7 Å². The Balaban J connectivity index is 1.49. The number of hydrogen-bond acceptors (Lipinski definition) is 6. The minimum Gasteiger partial charge on any atom is -0.360 e. The van der Waals surface area contributed by atoms with E-state index in [1.807, 2.05) is 0 Å². The maximum atomic E-state index is 14.3. The molecule has 0 spiro atoms. The summed E-state index contributed by atoms with van der Waals surface area (Å²) < 4.78 is 19.3. The molecule has 0 saturated carbocycles. The van der Waals surface area contributed by atoms with Crippen molar-refractivity contribution in [3.63, 3.8) is 0 Å². The van der Waals surface area contributed by atoms with Crippen molar-refractivity contribution in [1.82, 2.24) is 10.5 Å². The molecule has 10 heteroatoms. The molecule has 39 heavy (non-hydrogen) atoms. The molecule has 0 aliphatic rings. The zero-order valence-corrected chi connectivity index (χ0v) is 21.9. The lowest BCUT2D eigenvalue weighted by molar-refractivity contribution is -0.115. The zero-order chi connectivity index (χ0) is 27.8. The topological polar surface area (TPSA) is 113 Å². The molecule has 0 bridgehead atoms. The fourth-order valence-corrected chi connectivity index (χ4v) is 4.37. The lowest BCUT2D eigenvalue weighted by atomic mass is 10.1. The summed E-state index contributed by atoms with van der Waals surface area (Å²) in [5.74, 6) is -1.04. The number of halogens is 1. The third kappa shape index (κ3) is 7.65. The first-order valence-corrected chi connectivity index (χ1v) is 12.8. The van der Waals surface area contributed by atoms with Crippen LogP contribution in [0.2, 0.25) is 0 Å². The molecule has 4 rings (SSSR count). The van der Waals surface area contributed by atoms with Crippen LogP contribution >= 0.6 is 11.8 Å². The van der Waals surface area contributed by atoms with Gasteiger partial charge >= 0.3 is 0 Å². The zero-order valence-electron chi connectivity index (χ0n) is 21.1. The number of thioether (sulfide) groups is 1. The summed E-state index contributed by atoms with van der Waals surface area (Å²) in [7, 11) is 0. The van der Waals surface area contributed by atoms with Crippen molar-refractivity contribution in [3.8, 4) is 0 Å². The summed E-state index contributed by atoms with van der Waals surface area (Å²) in [6.07, 6.45) is 1.28. The fourth-order valence-electron chi connectivity index (χ4n) is 3.45. The second-order valence-corrected chi connectivity index (χ2v) is 9.87. The van der Waals surface area contributed by atoms with Crippen molar-refractivity contribution in [2.75, 3.05) is 10.6 Å². The molecule has 0 saturated heterocycles. The molecule has 0 radical (unpaired) electrons. The number of carbonyl (C=O) groups excluding carboxylic acids is 3. The number of amides is 3. The van der Waals surface area contributed by atoms with Gasteiger partial charge in [0.25, 0.3) is 11.8 Å². The normalized spacial score (nSPS) is 11.9. The number of benzene rings is 3. The molecule has 1 atom stereocenters. The van der Waals surface area contributed by atoms with E-state index in [1.165, 1.54) is 36.0 Å². The molecule has 1 aromatic heterocycles. The monoisotopic (exact) mass is 544 g/mol. The van der Waals surface area contributed by atoms with Crippen LogP contribution in [-0.2, 0) is 9.59 Å². The van der Waals surface area contributed by atoms with Gasteiger partial charge in [-0.15, -0.1) is 11.8 Å². The van der Waals surface area contributed by atoms with Crippen LogP contribution in [0.3, 0.4) is 0 Å². The number of hydrogen-bond donors (Lipinski definition) is 3. The maximum Gasteiger partial charge on any atom is 0.272 e. The van der Waals surface area contributed by atoms with E-state index in [1.54, 1.807) is 80.6 Å². The Morgan fingerprint density at radius 1 is 0.949 bits per heavy atom. The van der Waals surface area contributed by atoms with Crippen LogP contribution in [0.1, 0.15) is 28.6 Å². The lowest BCUT2D eigenvalue weighted by Crippen LogP contribution is -2.30. The van der Waals surface area contributed by atoms with E-state index in [9.17, 15) is 18.8 Å². The van der Waals surface area contributed by atoms with Gasteiger partial charge in [-0.05, 0) is 56.3 Å². The standard InChI is InChI=1S/C29H25FN4O4S/c1-18-15-26(34-38-18)33-27(35)19(2)39-23-13-8-12-22(17-23)31-29(37)25(16-21-11-6-7-14-24(21)30)32-28(36)20-9-4-3-5-10-20/h3-17,19H,1-2H3,(H,31,37)(H,32,36)(H,33,34,35)/b25-16-. The summed E-state index contributed by atoms with van der Waals surface area (Å²) in [5.41, 5.74) is 0.777. The van der Waals surface area contributed by atoms with Gasteiger partial charge in [0.1, 0.15) is 17.3 Å². The van der Waals surface area contributed by atoms with Crippen molar-refractivity contribution in [1.29, 1.82) is 0 Å². The van der Waals surface area contributed by atoms with Crippen molar-refractivity contribution in [2.45, 2.75) is 24.0 Å². The molecule has 3 aromatic carbocycles. The number of nitrogens with zero attached hydrogens (tertiary/aromatic N) is 1. The first-order valence-electron chi connectivity index (χ1n) is 11.9. The average Bonchev–Trinajstić information content (AvgIpc) is 3.34. The summed E-state index contributed by atoms with van der Waals surface area (Å²) in [6.45, 7) is 3.47. The summed E-state index contributed by atoms with van der Waals surface area (Å²) in [6, 6.07) is 22.8. The number of rotatable bonds is 9. The highest BCUT2D eigenvalue weighted by atomic mass is 32.2. The number of nitrogens with one attached hydrogen (secondary N) is 3. The molecule has 1 unspecified atom stereocenters. The number of anilines is 2. The van der Waals surface area contributed by atoms with Crippen molar-refractivity contribution < 1.29 is 23.3 Å². The summed E-state index contributed by atoms with van der Waals surface area (Å²) >= 11 is 1.28. The van der Waals surface area contributed by atoms with Crippen LogP contribution in [0.5, 0.6) is 0 Å². The molecule has 4 aromatic rings. The van der Waals surface area contributed by atoms with Crippen LogP contribution in [0.4, 0.5) is 15.9 Å². The van der Waals surface area contributed by atoms with Crippen LogP contribution < -0.4 is 16.0 Å². The third-order valence-electron chi connectivity index (χ3n) is 5.39. The quantitative estimate of drug-likeness (QED) is 0.185. The van der Waals surface area contributed by atoms with Gasteiger partial charge in [-0.3, -0.25) is 14.4 Å². The molecule has 0 aliphatic heterocycles. The van der Waals surface area contributed by atoms with Crippen molar-refractivity contribution in [3.05, 3.63) is 113 Å². The molecule has 0 fully saturated rings. The van der Waals surface area contributed by atoms with Gasteiger partial charge in [-0.2, -0.15) is 0 Å². The van der Waals surface area contributed by atoms with Gasteiger partial charge in [-0.25, -0.2) is 4.39 Å². The SMILES string of the molecule is Cc1cc(NC(=O)C(C)Sc2cccc(NC(=O)/C(=C/c3ccccc3F)NC(=O)c3ccccc3)c2)no1. The van der Waals surface area contributed by atoms with Crippen LogP contribution in [0.15, 0.2) is 100 Å². The van der Waals surface area contributed by atoms with Gasteiger partial charge in [0.15, 0.2) is 5.82 Å². The predicted molar refractivity (Wildman–Crippen MR) is 149 cm³/mol. The van der Waals surface area contributed by atoms with Gasteiger partial charge in [0.05, 0.1) is 5.25 Å². The van der Waals surface area contributed by atoms with E-state index in [0.29, 0.717) is 22.8 Å². The molecule has 8 nitrogen and oxygen atoms in total. The molecule has 1 heterocycles. The molecule has 0 aliphatic carbocycles. The predicted octanol–water partition coefficient (Wildman–Crippen LogP) is 5.65. The minimum atomic E-state index is -0.642. The number of aryl methyl sites for hydroxylation is 1. The second-order valence-electron chi connectivity index (χ2n) is 8.45. The van der Waals surface area contributed by atoms with Gasteiger partial charge in [0, 0.05) is 27.8 Å². The Bertz CT molecular complexity index is 1520.